The zero-order valence-corrected chi connectivity index (χ0v) is 12.1. The van der Waals surface area contributed by atoms with Crippen LogP contribution in [0.2, 0.25) is 0 Å². The van der Waals surface area contributed by atoms with Gasteiger partial charge in [-0.05, 0) is 36.6 Å². The van der Waals surface area contributed by atoms with Crippen LogP contribution in [-0.2, 0) is 6.54 Å². The second-order valence-electron chi connectivity index (χ2n) is 5.06. The lowest BCUT2D eigenvalue weighted by molar-refractivity contribution is 0.519. The van der Waals surface area contributed by atoms with Crippen molar-refractivity contribution in [2.45, 2.75) is 32.9 Å². The molecule has 2 nitrogen and oxygen atoms in total. The van der Waals surface area contributed by atoms with Gasteiger partial charge in [-0.2, -0.15) is 5.26 Å². The van der Waals surface area contributed by atoms with Crippen LogP contribution in [0.15, 0.2) is 48.5 Å². The van der Waals surface area contributed by atoms with Crippen LogP contribution >= 0.6 is 0 Å². The molecule has 0 radical (unpaired) electrons. The lowest BCUT2D eigenvalue weighted by Crippen LogP contribution is -2.20. The molecule has 1 atom stereocenters. The van der Waals surface area contributed by atoms with Crippen LogP contribution < -0.4 is 5.32 Å². The van der Waals surface area contributed by atoms with E-state index in [1.54, 1.807) is 0 Å². The number of rotatable bonds is 5. The zero-order chi connectivity index (χ0) is 14.4. The quantitative estimate of drug-likeness (QED) is 0.882. The molecule has 0 aliphatic heterocycles. The summed E-state index contributed by atoms with van der Waals surface area (Å²) in [4.78, 5) is 0. The molecule has 0 fully saturated rings. The first kappa shape index (κ1) is 14.3. The molecule has 0 saturated carbocycles. The maximum absolute atomic E-state index is 8.79. The van der Waals surface area contributed by atoms with E-state index in [9.17, 15) is 0 Å². The van der Waals surface area contributed by atoms with Gasteiger partial charge in [-0.15, -0.1) is 0 Å². The zero-order valence-electron chi connectivity index (χ0n) is 12.1. The Morgan fingerprint density at radius 1 is 1.05 bits per heavy atom. The van der Waals surface area contributed by atoms with Crippen molar-refractivity contribution in [1.29, 1.82) is 5.26 Å². The van der Waals surface area contributed by atoms with Gasteiger partial charge < -0.3 is 5.32 Å². The third-order valence-corrected chi connectivity index (χ3v) is 3.52. The Morgan fingerprint density at radius 2 is 1.70 bits per heavy atom. The molecule has 0 amide bonds. The Morgan fingerprint density at radius 3 is 2.25 bits per heavy atom. The molecule has 1 N–H and O–H groups in total. The minimum absolute atomic E-state index is 0.367. The lowest BCUT2D eigenvalue weighted by Gasteiger charge is -2.18. The molecular formula is C18H20N2. The van der Waals surface area contributed by atoms with Gasteiger partial charge in [0.25, 0.3) is 0 Å². The fourth-order valence-corrected chi connectivity index (χ4v) is 2.23. The van der Waals surface area contributed by atoms with Crippen LogP contribution in [0.25, 0.3) is 0 Å². The van der Waals surface area contributed by atoms with Gasteiger partial charge in [-0.1, -0.05) is 48.9 Å². The molecule has 0 spiro atoms. The number of hydrogen-bond acceptors (Lipinski definition) is 2. The molecule has 0 aliphatic rings. The fourth-order valence-electron chi connectivity index (χ4n) is 2.23. The summed E-state index contributed by atoms with van der Waals surface area (Å²) < 4.78 is 0. The Kier molecular flexibility index (Phi) is 4.92. The first-order chi connectivity index (χ1) is 9.72. The van der Waals surface area contributed by atoms with E-state index < -0.39 is 0 Å². The molecule has 0 saturated heterocycles. The number of hydrogen-bond donors (Lipinski definition) is 1. The van der Waals surface area contributed by atoms with Crippen molar-refractivity contribution in [2.75, 3.05) is 0 Å². The largest absolute Gasteiger partial charge is 0.306 e. The number of nitriles is 1. The number of aryl methyl sites for hydroxylation is 1. The smallest absolute Gasteiger partial charge is 0.0991 e. The summed E-state index contributed by atoms with van der Waals surface area (Å²) in [5, 5.41) is 12.4. The molecule has 2 aromatic rings. The highest BCUT2D eigenvalue weighted by molar-refractivity contribution is 5.31. The Balaban J connectivity index is 2.00. The molecule has 20 heavy (non-hydrogen) atoms. The minimum Gasteiger partial charge on any atom is -0.306 e. The SMILES string of the molecule is CCC(NCc1ccc(C#N)cc1)c1ccc(C)cc1. The van der Waals surface area contributed by atoms with E-state index in [1.807, 2.05) is 24.3 Å². The van der Waals surface area contributed by atoms with Crippen LogP contribution in [0.1, 0.15) is 41.6 Å². The average Bonchev–Trinajstić information content (AvgIpc) is 2.50. The van der Waals surface area contributed by atoms with Crippen molar-refractivity contribution in [3.63, 3.8) is 0 Å². The minimum atomic E-state index is 0.367. The van der Waals surface area contributed by atoms with Crippen molar-refractivity contribution in [3.05, 3.63) is 70.8 Å². The van der Waals surface area contributed by atoms with E-state index in [0.29, 0.717) is 11.6 Å². The Hall–Kier alpha value is -2.11. The topological polar surface area (TPSA) is 35.8 Å². The Bertz CT molecular complexity index is 576. The van der Waals surface area contributed by atoms with E-state index in [1.165, 1.54) is 16.7 Å². The van der Waals surface area contributed by atoms with E-state index in [-0.39, 0.29) is 0 Å². The first-order valence-corrected chi connectivity index (χ1v) is 7.02. The standard InChI is InChI=1S/C18H20N2/c1-3-18(17-10-4-14(2)5-11-17)20-13-16-8-6-15(12-19)7-9-16/h4-11,18,20H,3,13H2,1-2H3. The van der Waals surface area contributed by atoms with Gasteiger partial charge in [0.2, 0.25) is 0 Å². The number of benzene rings is 2. The van der Waals surface area contributed by atoms with Gasteiger partial charge in [0.1, 0.15) is 0 Å². The summed E-state index contributed by atoms with van der Waals surface area (Å²) >= 11 is 0. The summed E-state index contributed by atoms with van der Waals surface area (Å²) in [6.07, 6.45) is 1.05. The molecular weight excluding hydrogens is 244 g/mol. The average molecular weight is 264 g/mol. The van der Waals surface area contributed by atoms with Crippen molar-refractivity contribution in [3.8, 4) is 6.07 Å². The van der Waals surface area contributed by atoms with Crippen molar-refractivity contribution >= 4 is 0 Å². The second kappa shape index (κ2) is 6.88. The van der Waals surface area contributed by atoms with Gasteiger partial charge in [-0.25, -0.2) is 0 Å². The van der Waals surface area contributed by atoms with Crippen molar-refractivity contribution in [2.24, 2.45) is 0 Å². The predicted octanol–water partition coefficient (Wildman–Crippen LogP) is 4.11. The maximum atomic E-state index is 8.79. The first-order valence-electron chi connectivity index (χ1n) is 7.02. The molecule has 0 aromatic heterocycles. The third-order valence-electron chi connectivity index (χ3n) is 3.52. The highest BCUT2D eigenvalue weighted by atomic mass is 14.9. The summed E-state index contributed by atoms with van der Waals surface area (Å²) in [7, 11) is 0. The van der Waals surface area contributed by atoms with Crippen LogP contribution in [-0.4, -0.2) is 0 Å². The number of nitrogens with zero attached hydrogens (tertiary/aromatic N) is 1. The highest BCUT2D eigenvalue weighted by Crippen LogP contribution is 2.18. The fraction of sp³-hybridized carbons (Fsp3) is 0.278. The monoisotopic (exact) mass is 264 g/mol. The molecule has 1 unspecified atom stereocenters. The van der Waals surface area contributed by atoms with Crippen molar-refractivity contribution in [1.82, 2.24) is 5.32 Å². The third kappa shape index (κ3) is 3.69. The van der Waals surface area contributed by atoms with Gasteiger partial charge in [0.15, 0.2) is 0 Å². The van der Waals surface area contributed by atoms with E-state index in [2.05, 4.69) is 49.5 Å². The molecule has 102 valence electrons. The van der Waals surface area contributed by atoms with Crippen LogP contribution in [0.3, 0.4) is 0 Å². The maximum Gasteiger partial charge on any atom is 0.0991 e. The normalized spacial score (nSPS) is 11.8. The molecule has 2 rings (SSSR count). The summed E-state index contributed by atoms with van der Waals surface area (Å²) in [5.41, 5.74) is 4.52. The van der Waals surface area contributed by atoms with Crippen LogP contribution in [0.4, 0.5) is 0 Å². The molecule has 2 aromatic carbocycles. The summed E-state index contributed by atoms with van der Waals surface area (Å²) in [6, 6.07) is 18.9. The number of nitrogens with one attached hydrogen (secondary N) is 1. The van der Waals surface area contributed by atoms with Crippen LogP contribution in [0, 0.1) is 18.3 Å². The van der Waals surface area contributed by atoms with E-state index in [4.69, 9.17) is 5.26 Å². The Labute approximate surface area is 121 Å². The predicted molar refractivity (Wildman–Crippen MR) is 82.2 cm³/mol. The van der Waals surface area contributed by atoms with Crippen LogP contribution in [0.5, 0.6) is 0 Å². The molecule has 2 heteroatoms. The molecule has 0 bridgehead atoms. The molecule has 0 heterocycles. The van der Waals surface area contributed by atoms with E-state index >= 15 is 0 Å². The lowest BCUT2D eigenvalue weighted by atomic mass is 10.0. The highest BCUT2D eigenvalue weighted by Gasteiger charge is 2.08. The second-order valence-corrected chi connectivity index (χ2v) is 5.06. The summed E-state index contributed by atoms with van der Waals surface area (Å²) in [5.74, 6) is 0. The van der Waals surface area contributed by atoms with Crippen molar-refractivity contribution < 1.29 is 0 Å². The van der Waals surface area contributed by atoms with Gasteiger partial charge >= 0.3 is 0 Å². The molecule has 0 aliphatic carbocycles. The van der Waals surface area contributed by atoms with E-state index in [0.717, 1.165) is 13.0 Å². The summed E-state index contributed by atoms with van der Waals surface area (Å²) in [6.45, 7) is 5.11. The van der Waals surface area contributed by atoms with Gasteiger partial charge in [-0.3, -0.25) is 0 Å². The van der Waals surface area contributed by atoms with Gasteiger partial charge in [0.05, 0.1) is 11.6 Å². The van der Waals surface area contributed by atoms with Gasteiger partial charge in [0, 0.05) is 12.6 Å².